The molecule has 1 unspecified atom stereocenters. The maximum absolute atomic E-state index is 14.1. The summed E-state index contributed by atoms with van der Waals surface area (Å²) in [7, 11) is 0. The molecule has 1 aliphatic heterocycles. The normalized spacial score (nSPS) is 19.3. The van der Waals surface area contributed by atoms with Crippen molar-refractivity contribution >= 4 is 0 Å². The lowest BCUT2D eigenvalue weighted by Crippen LogP contribution is -2.32. The lowest BCUT2D eigenvalue weighted by atomic mass is 10.1. The zero-order valence-electron chi connectivity index (χ0n) is 11.6. The second-order valence-corrected chi connectivity index (χ2v) is 5.06. The van der Waals surface area contributed by atoms with Crippen molar-refractivity contribution in [2.45, 2.75) is 39.0 Å². The van der Waals surface area contributed by atoms with E-state index in [1.807, 2.05) is 12.1 Å². The SMILES string of the molecule is CCN(Cc1cccc(CN)c1F)CC1CCCO1. The van der Waals surface area contributed by atoms with E-state index in [9.17, 15) is 4.39 Å². The number of hydrogen-bond donors (Lipinski definition) is 1. The average molecular weight is 266 g/mol. The van der Waals surface area contributed by atoms with Crippen LogP contribution in [0.5, 0.6) is 0 Å². The third-order valence-corrected chi connectivity index (χ3v) is 3.71. The quantitative estimate of drug-likeness (QED) is 0.858. The van der Waals surface area contributed by atoms with Crippen LogP contribution < -0.4 is 5.73 Å². The Morgan fingerprint density at radius 3 is 2.84 bits per heavy atom. The molecule has 0 bridgehead atoms. The van der Waals surface area contributed by atoms with Gasteiger partial charge in [0.15, 0.2) is 0 Å². The summed E-state index contributed by atoms with van der Waals surface area (Å²) in [6, 6.07) is 5.46. The fourth-order valence-electron chi connectivity index (χ4n) is 2.54. The van der Waals surface area contributed by atoms with Gasteiger partial charge in [0.1, 0.15) is 5.82 Å². The fraction of sp³-hybridized carbons (Fsp3) is 0.600. The Morgan fingerprint density at radius 2 is 2.21 bits per heavy atom. The number of hydrogen-bond acceptors (Lipinski definition) is 3. The smallest absolute Gasteiger partial charge is 0.132 e. The molecule has 1 heterocycles. The summed E-state index contributed by atoms with van der Waals surface area (Å²) in [6.45, 7) is 5.60. The zero-order valence-corrected chi connectivity index (χ0v) is 11.6. The van der Waals surface area contributed by atoms with Gasteiger partial charge in [0.05, 0.1) is 6.10 Å². The molecule has 1 fully saturated rings. The van der Waals surface area contributed by atoms with Crippen molar-refractivity contribution < 1.29 is 9.13 Å². The van der Waals surface area contributed by atoms with Crippen molar-refractivity contribution in [1.29, 1.82) is 0 Å². The number of ether oxygens (including phenoxy) is 1. The van der Waals surface area contributed by atoms with Crippen LogP contribution in [0.1, 0.15) is 30.9 Å². The molecule has 2 rings (SSSR count). The molecule has 0 saturated carbocycles. The van der Waals surface area contributed by atoms with Crippen LogP contribution in [0.3, 0.4) is 0 Å². The zero-order chi connectivity index (χ0) is 13.7. The maximum atomic E-state index is 14.1. The Balaban J connectivity index is 2.01. The second kappa shape index (κ2) is 6.98. The predicted octanol–water partition coefficient (Wildman–Crippen LogP) is 2.29. The van der Waals surface area contributed by atoms with Crippen LogP contribution >= 0.6 is 0 Å². The topological polar surface area (TPSA) is 38.5 Å². The van der Waals surface area contributed by atoms with E-state index in [-0.39, 0.29) is 12.4 Å². The number of rotatable bonds is 6. The monoisotopic (exact) mass is 266 g/mol. The molecule has 0 aliphatic carbocycles. The van der Waals surface area contributed by atoms with E-state index in [4.69, 9.17) is 10.5 Å². The predicted molar refractivity (Wildman–Crippen MR) is 74.2 cm³/mol. The summed E-state index contributed by atoms with van der Waals surface area (Å²) in [5.41, 5.74) is 6.85. The minimum absolute atomic E-state index is 0.157. The van der Waals surface area contributed by atoms with Crippen LogP contribution in [0.2, 0.25) is 0 Å². The van der Waals surface area contributed by atoms with Gasteiger partial charge in [-0.05, 0) is 19.4 Å². The summed E-state index contributed by atoms with van der Waals surface area (Å²) in [5, 5.41) is 0. The Hall–Kier alpha value is -0.970. The largest absolute Gasteiger partial charge is 0.377 e. The van der Waals surface area contributed by atoms with Gasteiger partial charge in [0.25, 0.3) is 0 Å². The fourth-order valence-corrected chi connectivity index (χ4v) is 2.54. The molecule has 106 valence electrons. The molecule has 2 N–H and O–H groups in total. The van der Waals surface area contributed by atoms with Crippen molar-refractivity contribution in [2.75, 3.05) is 19.7 Å². The van der Waals surface area contributed by atoms with Crippen molar-refractivity contribution in [2.24, 2.45) is 5.73 Å². The molecule has 1 aromatic carbocycles. The number of likely N-dealkylation sites (N-methyl/N-ethyl adjacent to an activating group) is 1. The minimum Gasteiger partial charge on any atom is -0.377 e. The first-order valence-corrected chi connectivity index (χ1v) is 7.05. The second-order valence-electron chi connectivity index (χ2n) is 5.06. The first kappa shape index (κ1) is 14.4. The standard InChI is InChI=1S/C15H23FN2O/c1-2-18(11-14-7-4-8-19-14)10-13-6-3-5-12(9-17)15(13)16/h3,5-6,14H,2,4,7-11,17H2,1H3. The van der Waals surface area contributed by atoms with Gasteiger partial charge in [-0.25, -0.2) is 4.39 Å². The highest BCUT2D eigenvalue weighted by Crippen LogP contribution is 2.17. The van der Waals surface area contributed by atoms with Crippen LogP contribution in [0.4, 0.5) is 4.39 Å². The van der Waals surface area contributed by atoms with Gasteiger partial charge >= 0.3 is 0 Å². The highest BCUT2D eigenvalue weighted by atomic mass is 19.1. The molecule has 1 aromatic rings. The Labute approximate surface area is 114 Å². The molecular formula is C15H23FN2O. The minimum atomic E-state index is -0.157. The van der Waals surface area contributed by atoms with E-state index < -0.39 is 0 Å². The van der Waals surface area contributed by atoms with Crippen LogP contribution in [0, 0.1) is 5.82 Å². The molecule has 4 heteroatoms. The Bertz CT molecular complexity index is 405. The number of nitrogens with zero attached hydrogens (tertiary/aromatic N) is 1. The van der Waals surface area contributed by atoms with E-state index in [2.05, 4.69) is 11.8 Å². The molecule has 3 nitrogen and oxygen atoms in total. The Kier molecular flexibility index (Phi) is 5.31. The van der Waals surface area contributed by atoms with Gasteiger partial charge in [-0.2, -0.15) is 0 Å². The number of nitrogens with two attached hydrogens (primary N) is 1. The van der Waals surface area contributed by atoms with E-state index in [0.29, 0.717) is 18.2 Å². The van der Waals surface area contributed by atoms with E-state index in [0.717, 1.165) is 38.1 Å². The Morgan fingerprint density at radius 1 is 1.42 bits per heavy atom. The van der Waals surface area contributed by atoms with Crippen molar-refractivity contribution in [3.05, 3.63) is 35.1 Å². The van der Waals surface area contributed by atoms with Gasteiger partial charge in [0.2, 0.25) is 0 Å². The van der Waals surface area contributed by atoms with E-state index in [1.165, 1.54) is 0 Å². The highest BCUT2D eigenvalue weighted by molar-refractivity contribution is 5.25. The number of benzene rings is 1. The molecule has 0 radical (unpaired) electrons. The van der Waals surface area contributed by atoms with Crippen LogP contribution in [-0.4, -0.2) is 30.7 Å². The molecule has 19 heavy (non-hydrogen) atoms. The first-order valence-electron chi connectivity index (χ1n) is 7.05. The maximum Gasteiger partial charge on any atom is 0.132 e. The highest BCUT2D eigenvalue weighted by Gasteiger charge is 2.19. The summed E-state index contributed by atoms with van der Waals surface area (Å²) in [4.78, 5) is 2.23. The lowest BCUT2D eigenvalue weighted by Gasteiger charge is -2.24. The summed E-state index contributed by atoms with van der Waals surface area (Å²) < 4.78 is 19.8. The van der Waals surface area contributed by atoms with Crippen molar-refractivity contribution in [3.8, 4) is 0 Å². The van der Waals surface area contributed by atoms with Gasteiger partial charge < -0.3 is 10.5 Å². The molecule has 0 amide bonds. The molecule has 0 aromatic heterocycles. The first-order chi connectivity index (χ1) is 9.24. The molecule has 1 saturated heterocycles. The molecular weight excluding hydrogens is 243 g/mol. The third-order valence-electron chi connectivity index (χ3n) is 3.71. The lowest BCUT2D eigenvalue weighted by molar-refractivity contribution is 0.0721. The van der Waals surface area contributed by atoms with Gasteiger partial charge in [-0.1, -0.05) is 25.1 Å². The summed E-state index contributed by atoms with van der Waals surface area (Å²) in [5.74, 6) is -0.157. The van der Waals surface area contributed by atoms with Crippen LogP contribution in [-0.2, 0) is 17.8 Å². The van der Waals surface area contributed by atoms with Gasteiger partial charge in [-0.3, -0.25) is 4.90 Å². The number of halogens is 1. The summed E-state index contributed by atoms with van der Waals surface area (Å²) >= 11 is 0. The average Bonchev–Trinajstić information content (AvgIpc) is 2.93. The van der Waals surface area contributed by atoms with Crippen molar-refractivity contribution in [1.82, 2.24) is 4.90 Å². The van der Waals surface area contributed by atoms with Gasteiger partial charge in [-0.15, -0.1) is 0 Å². The third kappa shape index (κ3) is 3.75. The van der Waals surface area contributed by atoms with Crippen molar-refractivity contribution in [3.63, 3.8) is 0 Å². The van der Waals surface area contributed by atoms with E-state index in [1.54, 1.807) is 6.07 Å². The van der Waals surface area contributed by atoms with Crippen LogP contribution in [0.15, 0.2) is 18.2 Å². The van der Waals surface area contributed by atoms with E-state index >= 15 is 0 Å². The molecule has 0 spiro atoms. The van der Waals surface area contributed by atoms with Gasteiger partial charge in [0, 0.05) is 37.4 Å². The van der Waals surface area contributed by atoms with Crippen LogP contribution in [0.25, 0.3) is 0 Å². The molecule has 1 aliphatic rings. The summed E-state index contributed by atoms with van der Waals surface area (Å²) in [6.07, 6.45) is 2.56. The molecule has 1 atom stereocenters.